The van der Waals surface area contributed by atoms with Crippen molar-refractivity contribution in [2.24, 2.45) is 5.92 Å². The van der Waals surface area contributed by atoms with E-state index in [0.29, 0.717) is 19.6 Å². The van der Waals surface area contributed by atoms with Gasteiger partial charge in [0.25, 0.3) is 0 Å². The first-order valence-electron chi connectivity index (χ1n) is 11.9. The molecule has 2 unspecified atom stereocenters. The van der Waals surface area contributed by atoms with Gasteiger partial charge in [-0.2, -0.15) is 0 Å². The molecule has 33 heavy (non-hydrogen) atoms. The molecule has 4 rings (SSSR count). The number of benzene rings is 2. The summed E-state index contributed by atoms with van der Waals surface area (Å²) < 4.78 is 0. The van der Waals surface area contributed by atoms with Gasteiger partial charge >= 0.3 is 6.03 Å². The number of urea groups is 1. The molecule has 2 saturated heterocycles. The highest BCUT2D eigenvalue weighted by atomic mass is 16.2. The minimum atomic E-state index is -0.183. The zero-order valence-corrected chi connectivity index (χ0v) is 19.2. The summed E-state index contributed by atoms with van der Waals surface area (Å²) in [7, 11) is 0. The van der Waals surface area contributed by atoms with Crippen molar-refractivity contribution < 1.29 is 9.59 Å². The average molecular weight is 447 g/mol. The van der Waals surface area contributed by atoms with Crippen LogP contribution in [0.1, 0.15) is 23.5 Å². The molecule has 2 atom stereocenters. The van der Waals surface area contributed by atoms with Crippen LogP contribution in [0.25, 0.3) is 0 Å². The standard InChI is InChI=1S/C27H34N4O2/c1-2-13-29-14-16-30(17-15-29)26(32)25-18-24(23-11-7-4-8-12-23)20-31(21-25)27(33)28-19-22-9-5-3-6-10-22/h2-12,24-25H,1,13-21H2,(H,28,33). The van der Waals surface area contributed by atoms with Crippen LogP contribution < -0.4 is 5.32 Å². The molecule has 2 fully saturated rings. The van der Waals surface area contributed by atoms with Gasteiger partial charge < -0.3 is 15.1 Å². The van der Waals surface area contributed by atoms with E-state index in [1.165, 1.54) is 5.56 Å². The third kappa shape index (κ3) is 6.02. The van der Waals surface area contributed by atoms with Gasteiger partial charge in [0.05, 0.1) is 5.92 Å². The molecule has 2 aromatic carbocycles. The van der Waals surface area contributed by atoms with Crippen LogP contribution in [0.15, 0.2) is 73.3 Å². The second-order valence-electron chi connectivity index (χ2n) is 9.00. The van der Waals surface area contributed by atoms with Crippen molar-refractivity contribution in [3.63, 3.8) is 0 Å². The summed E-state index contributed by atoms with van der Waals surface area (Å²) in [5, 5.41) is 3.05. The monoisotopic (exact) mass is 446 g/mol. The van der Waals surface area contributed by atoms with E-state index in [-0.39, 0.29) is 23.8 Å². The highest BCUT2D eigenvalue weighted by molar-refractivity contribution is 5.81. The Morgan fingerprint density at radius 3 is 2.24 bits per heavy atom. The fraction of sp³-hybridized carbons (Fsp3) is 0.407. The number of nitrogens with one attached hydrogen (secondary N) is 1. The Labute approximate surface area is 196 Å². The first kappa shape index (κ1) is 23.1. The van der Waals surface area contributed by atoms with Crippen LogP contribution >= 0.6 is 0 Å². The summed E-state index contributed by atoms with van der Waals surface area (Å²) in [6.45, 7) is 9.46. The molecule has 2 aromatic rings. The average Bonchev–Trinajstić information content (AvgIpc) is 2.88. The molecule has 1 N–H and O–H groups in total. The van der Waals surface area contributed by atoms with Crippen molar-refractivity contribution >= 4 is 11.9 Å². The van der Waals surface area contributed by atoms with Crippen molar-refractivity contribution in [1.82, 2.24) is 20.0 Å². The first-order chi connectivity index (χ1) is 16.1. The summed E-state index contributed by atoms with van der Waals surface area (Å²) in [5.41, 5.74) is 2.25. The van der Waals surface area contributed by atoms with Gasteiger partial charge in [0.1, 0.15) is 0 Å². The number of piperazine rings is 1. The van der Waals surface area contributed by atoms with Gasteiger partial charge in [0, 0.05) is 58.3 Å². The zero-order chi connectivity index (χ0) is 23.0. The number of hydrogen-bond donors (Lipinski definition) is 1. The maximum absolute atomic E-state index is 13.5. The Hall–Kier alpha value is -3.12. The van der Waals surface area contributed by atoms with Crippen LogP contribution in [-0.2, 0) is 11.3 Å². The SMILES string of the molecule is C=CCN1CCN(C(=O)C2CC(c3ccccc3)CN(C(=O)NCc3ccccc3)C2)CC1. The lowest BCUT2D eigenvalue weighted by atomic mass is 9.84. The van der Waals surface area contributed by atoms with Gasteiger partial charge in [-0.1, -0.05) is 66.7 Å². The van der Waals surface area contributed by atoms with Crippen LogP contribution in [0.4, 0.5) is 4.79 Å². The molecule has 0 aromatic heterocycles. The lowest BCUT2D eigenvalue weighted by molar-refractivity contribution is -0.138. The van der Waals surface area contributed by atoms with Gasteiger partial charge in [-0.05, 0) is 17.5 Å². The molecule has 0 saturated carbocycles. The second kappa shape index (κ2) is 11.1. The molecule has 174 valence electrons. The maximum atomic E-state index is 13.5. The molecule has 6 nitrogen and oxygen atoms in total. The third-order valence-corrected chi connectivity index (χ3v) is 6.72. The molecule has 0 spiro atoms. The van der Waals surface area contributed by atoms with E-state index in [1.54, 1.807) is 0 Å². The Balaban J connectivity index is 1.44. The molecule has 0 bridgehead atoms. The molecule has 3 amide bonds. The highest BCUT2D eigenvalue weighted by Gasteiger charge is 2.37. The predicted molar refractivity (Wildman–Crippen MR) is 131 cm³/mol. The predicted octanol–water partition coefficient (Wildman–Crippen LogP) is 3.33. The number of hydrogen-bond acceptors (Lipinski definition) is 3. The van der Waals surface area contributed by atoms with Gasteiger partial charge in [-0.15, -0.1) is 6.58 Å². The molecule has 2 aliphatic heterocycles. The van der Waals surface area contributed by atoms with E-state index >= 15 is 0 Å². The van der Waals surface area contributed by atoms with Gasteiger partial charge in [0.2, 0.25) is 5.91 Å². The number of rotatable bonds is 6. The van der Waals surface area contributed by atoms with Crippen LogP contribution in [0.2, 0.25) is 0 Å². The van der Waals surface area contributed by atoms with E-state index < -0.39 is 0 Å². The van der Waals surface area contributed by atoms with E-state index in [2.05, 4.69) is 28.9 Å². The lowest BCUT2D eigenvalue weighted by Gasteiger charge is -2.41. The molecule has 0 radical (unpaired) electrons. The molecular formula is C27H34N4O2. The fourth-order valence-electron chi connectivity index (χ4n) is 4.89. The number of carbonyl (C=O) groups excluding carboxylic acids is 2. The largest absolute Gasteiger partial charge is 0.340 e. The van der Waals surface area contributed by atoms with Crippen LogP contribution in [0, 0.1) is 5.92 Å². The van der Waals surface area contributed by atoms with Gasteiger partial charge in [-0.25, -0.2) is 4.79 Å². The smallest absolute Gasteiger partial charge is 0.317 e. The zero-order valence-electron chi connectivity index (χ0n) is 19.2. The normalized spacial score (nSPS) is 21.5. The Morgan fingerprint density at radius 1 is 0.909 bits per heavy atom. The van der Waals surface area contributed by atoms with Crippen LogP contribution in [0.3, 0.4) is 0 Å². The third-order valence-electron chi connectivity index (χ3n) is 6.72. The molecule has 6 heteroatoms. The maximum Gasteiger partial charge on any atom is 0.317 e. The van der Waals surface area contributed by atoms with Crippen LogP contribution in [-0.4, -0.2) is 72.5 Å². The number of carbonyl (C=O) groups is 2. The molecule has 2 aliphatic rings. The van der Waals surface area contributed by atoms with Crippen molar-refractivity contribution in [2.45, 2.75) is 18.9 Å². The van der Waals surface area contributed by atoms with E-state index in [0.717, 1.165) is 44.7 Å². The van der Waals surface area contributed by atoms with Gasteiger partial charge in [-0.3, -0.25) is 9.69 Å². The van der Waals surface area contributed by atoms with Crippen LogP contribution in [0.5, 0.6) is 0 Å². The quantitative estimate of drug-likeness (QED) is 0.693. The minimum Gasteiger partial charge on any atom is -0.340 e. The molecule has 2 heterocycles. The first-order valence-corrected chi connectivity index (χ1v) is 11.9. The lowest BCUT2D eigenvalue weighted by Crippen LogP contribution is -2.54. The second-order valence-corrected chi connectivity index (χ2v) is 9.00. The van der Waals surface area contributed by atoms with E-state index in [1.807, 2.05) is 64.4 Å². The summed E-state index contributed by atoms with van der Waals surface area (Å²) in [6, 6.07) is 20.1. The fourth-order valence-corrected chi connectivity index (χ4v) is 4.89. The van der Waals surface area contributed by atoms with Crippen molar-refractivity contribution in [1.29, 1.82) is 0 Å². The Kier molecular flexibility index (Phi) is 7.79. The Bertz CT molecular complexity index is 926. The number of likely N-dealkylation sites (tertiary alicyclic amines) is 1. The van der Waals surface area contributed by atoms with Gasteiger partial charge in [0.15, 0.2) is 0 Å². The van der Waals surface area contributed by atoms with Crippen molar-refractivity contribution in [3.05, 3.63) is 84.4 Å². The summed E-state index contributed by atoms with van der Waals surface area (Å²) in [6.07, 6.45) is 2.69. The molecule has 0 aliphatic carbocycles. The summed E-state index contributed by atoms with van der Waals surface area (Å²) >= 11 is 0. The van der Waals surface area contributed by atoms with Crippen molar-refractivity contribution in [3.8, 4) is 0 Å². The molecular weight excluding hydrogens is 412 g/mol. The number of nitrogens with zero attached hydrogens (tertiary/aromatic N) is 3. The summed E-state index contributed by atoms with van der Waals surface area (Å²) in [5.74, 6) is 0.144. The topological polar surface area (TPSA) is 55.9 Å². The Morgan fingerprint density at radius 2 is 1.58 bits per heavy atom. The van der Waals surface area contributed by atoms with Crippen molar-refractivity contribution in [2.75, 3.05) is 45.8 Å². The number of piperidine rings is 1. The van der Waals surface area contributed by atoms with E-state index in [4.69, 9.17) is 0 Å². The highest BCUT2D eigenvalue weighted by Crippen LogP contribution is 2.31. The number of amides is 3. The minimum absolute atomic E-state index is 0.104. The summed E-state index contributed by atoms with van der Waals surface area (Å²) in [4.78, 5) is 32.7. The van der Waals surface area contributed by atoms with E-state index in [9.17, 15) is 9.59 Å².